The van der Waals surface area contributed by atoms with Crippen LogP contribution in [0.5, 0.6) is 0 Å². The molecule has 4 amide bonds. The van der Waals surface area contributed by atoms with Crippen LogP contribution in [0.3, 0.4) is 0 Å². The molecule has 0 aliphatic carbocycles. The number of ether oxygens (including phenoxy) is 1. The van der Waals surface area contributed by atoms with Crippen molar-refractivity contribution < 1.29 is 23.9 Å². The summed E-state index contributed by atoms with van der Waals surface area (Å²) in [5, 5.41) is 2.27. The number of carbonyl (C=O) groups is 4. The van der Waals surface area contributed by atoms with Crippen molar-refractivity contribution in [2.75, 3.05) is 11.5 Å². The average molecular weight is 486 g/mol. The number of benzene rings is 2. The quantitative estimate of drug-likeness (QED) is 0.325. The molecule has 0 spiro atoms. The molecule has 2 aromatic carbocycles. The van der Waals surface area contributed by atoms with E-state index in [1.807, 2.05) is 50.5 Å². The molecule has 0 bridgehead atoms. The first kappa shape index (κ1) is 24.7. The van der Waals surface area contributed by atoms with E-state index in [4.69, 9.17) is 4.74 Å². The fourth-order valence-electron chi connectivity index (χ4n) is 4.23. The molecule has 8 heteroatoms. The minimum absolute atomic E-state index is 0.145. The van der Waals surface area contributed by atoms with E-state index >= 15 is 0 Å². The topological polar surface area (TPSA) is 97.7 Å². The molecule has 8 nitrogen and oxygen atoms in total. The molecule has 36 heavy (non-hydrogen) atoms. The minimum Gasteiger partial charge on any atom is -0.462 e. The Bertz CT molecular complexity index is 1450. The molecule has 1 aliphatic rings. The van der Waals surface area contributed by atoms with Crippen molar-refractivity contribution in [3.05, 3.63) is 87.7 Å². The highest BCUT2D eigenvalue weighted by Gasteiger charge is 2.37. The summed E-state index contributed by atoms with van der Waals surface area (Å²) in [7, 11) is 0. The van der Waals surface area contributed by atoms with E-state index in [0.29, 0.717) is 16.8 Å². The van der Waals surface area contributed by atoms with Crippen molar-refractivity contribution in [1.82, 2.24) is 9.88 Å². The van der Waals surface area contributed by atoms with Crippen LogP contribution in [0.4, 0.5) is 10.5 Å². The predicted octanol–water partition coefficient (Wildman–Crippen LogP) is 4.55. The number of hydrogen-bond acceptors (Lipinski definition) is 5. The molecule has 184 valence electrons. The number of amides is 4. The Morgan fingerprint density at radius 1 is 0.944 bits per heavy atom. The van der Waals surface area contributed by atoms with Gasteiger partial charge < -0.3 is 9.30 Å². The Morgan fingerprint density at radius 3 is 2.39 bits per heavy atom. The lowest BCUT2D eigenvalue weighted by atomic mass is 10.1. The lowest BCUT2D eigenvalue weighted by Gasteiger charge is -2.26. The van der Waals surface area contributed by atoms with Crippen molar-refractivity contribution in [3.63, 3.8) is 0 Å². The van der Waals surface area contributed by atoms with Gasteiger partial charge in [0.15, 0.2) is 0 Å². The number of barbiturate groups is 1. The Morgan fingerprint density at radius 2 is 1.69 bits per heavy atom. The second-order valence-corrected chi connectivity index (χ2v) is 8.66. The number of anilines is 1. The number of imide groups is 2. The van der Waals surface area contributed by atoms with Crippen molar-refractivity contribution in [2.24, 2.45) is 0 Å². The number of carbonyl (C=O) groups excluding carboxylic acids is 4. The summed E-state index contributed by atoms with van der Waals surface area (Å²) >= 11 is 0. The minimum atomic E-state index is -0.786. The predicted molar refractivity (Wildman–Crippen MR) is 136 cm³/mol. The van der Waals surface area contributed by atoms with Gasteiger partial charge in [-0.1, -0.05) is 12.1 Å². The Balaban J connectivity index is 1.74. The summed E-state index contributed by atoms with van der Waals surface area (Å²) in [6, 6.07) is 13.3. The maximum absolute atomic E-state index is 13.3. The van der Waals surface area contributed by atoms with Crippen LogP contribution in [0.1, 0.15) is 45.4 Å². The Kier molecular flexibility index (Phi) is 6.61. The molecule has 1 N–H and O–H groups in total. The van der Waals surface area contributed by atoms with Crippen LogP contribution in [-0.4, -0.2) is 35.0 Å². The lowest BCUT2D eigenvalue weighted by molar-refractivity contribution is -0.122. The van der Waals surface area contributed by atoms with Gasteiger partial charge in [-0.3, -0.25) is 14.9 Å². The van der Waals surface area contributed by atoms with Crippen molar-refractivity contribution in [1.29, 1.82) is 0 Å². The smallest absolute Gasteiger partial charge is 0.338 e. The van der Waals surface area contributed by atoms with E-state index in [9.17, 15) is 19.2 Å². The number of nitrogens with one attached hydrogen (secondary N) is 1. The molecule has 4 rings (SSSR count). The van der Waals surface area contributed by atoms with Gasteiger partial charge in [-0.05, 0) is 93.8 Å². The number of esters is 1. The van der Waals surface area contributed by atoms with E-state index in [1.165, 1.54) is 6.08 Å². The van der Waals surface area contributed by atoms with Crippen LogP contribution in [0.25, 0.3) is 11.8 Å². The normalized spacial score (nSPS) is 14.9. The fraction of sp³-hybridized carbons (Fsp3) is 0.214. The SMILES string of the molecule is CCOC(=O)c1cccc(-n2c(C)cc(C=C3C(=O)NC(=O)N(c4ccc(C)c(C)c4)C3=O)c2C)c1. The van der Waals surface area contributed by atoms with E-state index < -0.39 is 23.8 Å². The second-order valence-electron chi connectivity index (χ2n) is 8.66. The third kappa shape index (κ3) is 4.45. The summed E-state index contributed by atoms with van der Waals surface area (Å²) in [6.07, 6.45) is 1.49. The fourth-order valence-corrected chi connectivity index (χ4v) is 4.23. The van der Waals surface area contributed by atoms with Crippen LogP contribution in [0, 0.1) is 27.7 Å². The number of nitrogens with zero attached hydrogens (tertiary/aromatic N) is 2. The van der Waals surface area contributed by atoms with E-state index in [1.54, 1.807) is 37.3 Å². The summed E-state index contributed by atoms with van der Waals surface area (Å²) in [4.78, 5) is 51.7. The van der Waals surface area contributed by atoms with Crippen molar-refractivity contribution in [2.45, 2.75) is 34.6 Å². The molecular formula is C28H27N3O5. The molecule has 1 aliphatic heterocycles. The number of rotatable bonds is 5. The largest absolute Gasteiger partial charge is 0.462 e. The first-order valence-electron chi connectivity index (χ1n) is 11.6. The van der Waals surface area contributed by atoms with Gasteiger partial charge in [-0.25, -0.2) is 14.5 Å². The van der Waals surface area contributed by atoms with Crippen LogP contribution in [0.15, 0.2) is 54.1 Å². The number of hydrogen-bond donors (Lipinski definition) is 1. The monoisotopic (exact) mass is 485 g/mol. The van der Waals surface area contributed by atoms with E-state index in [-0.39, 0.29) is 12.2 Å². The zero-order valence-corrected chi connectivity index (χ0v) is 20.8. The number of aryl methyl sites for hydroxylation is 3. The third-order valence-corrected chi connectivity index (χ3v) is 6.24. The molecule has 2 heterocycles. The van der Waals surface area contributed by atoms with Crippen LogP contribution >= 0.6 is 0 Å². The average Bonchev–Trinajstić information content (AvgIpc) is 3.11. The van der Waals surface area contributed by atoms with Crippen LogP contribution in [0.2, 0.25) is 0 Å². The first-order chi connectivity index (χ1) is 17.1. The van der Waals surface area contributed by atoms with Gasteiger partial charge >= 0.3 is 12.0 Å². The molecule has 1 fully saturated rings. The third-order valence-electron chi connectivity index (χ3n) is 6.24. The van der Waals surface area contributed by atoms with Gasteiger partial charge in [0.2, 0.25) is 0 Å². The van der Waals surface area contributed by atoms with Gasteiger partial charge in [0, 0.05) is 17.1 Å². The molecule has 3 aromatic rings. The molecule has 0 atom stereocenters. The van der Waals surface area contributed by atoms with E-state index in [2.05, 4.69) is 5.32 Å². The summed E-state index contributed by atoms with van der Waals surface area (Å²) in [5.41, 5.74) is 5.59. The van der Waals surface area contributed by atoms with Gasteiger partial charge in [-0.2, -0.15) is 0 Å². The summed E-state index contributed by atoms with van der Waals surface area (Å²) in [6.45, 7) is 9.59. The van der Waals surface area contributed by atoms with Gasteiger partial charge in [0.1, 0.15) is 5.57 Å². The summed E-state index contributed by atoms with van der Waals surface area (Å²) < 4.78 is 7.03. The number of urea groups is 1. The Hall–Kier alpha value is -4.46. The second kappa shape index (κ2) is 9.65. The molecule has 0 radical (unpaired) electrons. The highest BCUT2D eigenvalue weighted by atomic mass is 16.5. The lowest BCUT2D eigenvalue weighted by Crippen LogP contribution is -2.54. The van der Waals surface area contributed by atoms with E-state index in [0.717, 1.165) is 33.1 Å². The van der Waals surface area contributed by atoms with Gasteiger partial charge in [0.25, 0.3) is 11.8 Å². The number of aromatic nitrogens is 1. The zero-order valence-electron chi connectivity index (χ0n) is 20.8. The van der Waals surface area contributed by atoms with Crippen molar-refractivity contribution in [3.8, 4) is 5.69 Å². The maximum atomic E-state index is 13.3. The van der Waals surface area contributed by atoms with Gasteiger partial charge in [0.05, 0.1) is 17.9 Å². The van der Waals surface area contributed by atoms with Crippen LogP contribution < -0.4 is 10.2 Å². The van der Waals surface area contributed by atoms with Gasteiger partial charge in [-0.15, -0.1) is 0 Å². The zero-order chi connectivity index (χ0) is 26.1. The van der Waals surface area contributed by atoms with Crippen LogP contribution in [-0.2, 0) is 14.3 Å². The molecule has 0 unspecified atom stereocenters. The molecule has 1 aromatic heterocycles. The maximum Gasteiger partial charge on any atom is 0.338 e. The molecule has 1 saturated heterocycles. The molecular weight excluding hydrogens is 458 g/mol. The highest BCUT2D eigenvalue weighted by Crippen LogP contribution is 2.27. The highest BCUT2D eigenvalue weighted by molar-refractivity contribution is 6.39. The standard InChI is InChI=1S/C28H27N3O5/c1-6-36-27(34)20-8-7-9-22(14-20)30-18(4)13-21(19(30)5)15-24-25(32)29-28(35)31(26(24)33)23-11-10-16(2)17(3)12-23/h7-15H,6H2,1-5H3,(H,29,32,35). The Labute approximate surface area is 209 Å². The molecule has 0 saturated carbocycles. The summed E-state index contributed by atoms with van der Waals surface area (Å²) in [5.74, 6) is -1.86. The van der Waals surface area contributed by atoms with Crippen molar-refractivity contribution >= 4 is 35.6 Å². The first-order valence-corrected chi connectivity index (χ1v) is 11.6.